The van der Waals surface area contributed by atoms with Gasteiger partial charge in [-0.1, -0.05) is 19.3 Å². The molecule has 5 nitrogen and oxygen atoms in total. The second-order valence-electron chi connectivity index (χ2n) is 6.74. The summed E-state index contributed by atoms with van der Waals surface area (Å²) in [6, 6.07) is 0.419. The lowest BCUT2D eigenvalue weighted by Gasteiger charge is -2.35. The van der Waals surface area contributed by atoms with E-state index in [-0.39, 0.29) is 17.2 Å². The molecule has 21 heavy (non-hydrogen) atoms. The van der Waals surface area contributed by atoms with E-state index < -0.39 is 0 Å². The minimum Gasteiger partial charge on any atom is -0.356 e. The van der Waals surface area contributed by atoms with E-state index >= 15 is 0 Å². The fraction of sp³-hybridized carbons (Fsp3) is 0.875. The molecule has 2 saturated carbocycles. The zero-order valence-corrected chi connectivity index (χ0v) is 13.0. The van der Waals surface area contributed by atoms with Crippen LogP contribution in [0.25, 0.3) is 0 Å². The first-order valence-electron chi connectivity index (χ1n) is 8.40. The fourth-order valence-electron chi connectivity index (χ4n) is 3.16. The molecule has 2 rings (SSSR count). The number of amides is 2. The summed E-state index contributed by atoms with van der Waals surface area (Å²) in [4.78, 5) is 23.6. The molecular weight excluding hydrogens is 266 g/mol. The molecule has 0 atom stereocenters. The zero-order chi connectivity index (χ0) is 15.1. The van der Waals surface area contributed by atoms with Crippen molar-refractivity contribution in [2.24, 2.45) is 11.1 Å². The van der Waals surface area contributed by atoms with Crippen LogP contribution in [0.1, 0.15) is 64.2 Å². The van der Waals surface area contributed by atoms with Gasteiger partial charge in [-0.25, -0.2) is 0 Å². The van der Waals surface area contributed by atoms with Crippen molar-refractivity contribution >= 4 is 11.8 Å². The van der Waals surface area contributed by atoms with Crippen molar-refractivity contribution in [2.45, 2.75) is 70.3 Å². The first-order chi connectivity index (χ1) is 10.1. The van der Waals surface area contributed by atoms with Gasteiger partial charge >= 0.3 is 0 Å². The molecular formula is C16H29N3O2. The van der Waals surface area contributed by atoms with Crippen LogP contribution in [0.4, 0.5) is 0 Å². The summed E-state index contributed by atoms with van der Waals surface area (Å²) < 4.78 is 0. The maximum Gasteiger partial charge on any atom is 0.220 e. The van der Waals surface area contributed by atoms with Crippen molar-refractivity contribution in [2.75, 3.05) is 13.1 Å². The molecule has 0 saturated heterocycles. The summed E-state index contributed by atoms with van der Waals surface area (Å²) in [6.45, 7) is 1.18. The van der Waals surface area contributed by atoms with Gasteiger partial charge in [0, 0.05) is 25.4 Å². The highest BCUT2D eigenvalue weighted by molar-refractivity contribution is 5.77. The topological polar surface area (TPSA) is 84.2 Å². The highest BCUT2D eigenvalue weighted by Crippen LogP contribution is 2.38. The highest BCUT2D eigenvalue weighted by atomic mass is 16.2. The van der Waals surface area contributed by atoms with Crippen molar-refractivity contribution in [3.05, 3.63) is 0 Å². The third-order valence-electron chi connectivity index (χ3n) is 4.73. The fourth-order valence-corrected chi connectivity index (χ4v) is 3.16. The SMILES string of the molecule is NCC1(CC(=O)NCCCC(=O)NC2CC2)CCCCC1. The van der Waals surface area contributed by atoms with Gasteiger partial charge in [0.25, 0.3) is 0 Å². The van der Waals surface area contributed by atoms with Gasteiger partial charge in [-0.05, 0) is 44.1 Å². The average Bonchev–Trinajstić information content (AvgIpc) is 3.28. The van der Waals surface area contributed by atoms with E-state index in [4.69, 9.17) is 5.73 Å². The summed E-state index contributed by atoms with van der Waals surface area (Å²) >= 11 is 0. The summed E-state index contributed by atoms with van der Waals surface area (Å²) in [6.07, 6.45) is 9.75. The first kappa shape index (κ1) is 16.3. The minimum absolute atomic E-state index is 0.0195. The third-order valence-corrected chi connectivity index (χ3v) is 4.73. The molecule has 0 aromatic rings. The molecule has 0 radical (unpaired) electrons. The van der Waals surface area contributed by atoms with Gasteiger partial charge in [-0.2, -0.15) is 0 Å². The van der Waals surface area contributed by atoms with Crippen LogP contribution >= 0.6 is 0 Å². The molecule has 2 aliphatic rings. The Kier molecular flexibility index (Phi) is 6.03. The molecule has 0 aromatic carbocycles. The lowest BCUT2D eigenvalue weighted by Crippen LogP contribution is -2.39. The zero-order valence-electron chi connectivity index (χ0n) is 13.0. The van der Waals surface area contributed by atoms with Crippen molar-refractivity contribution in [3.8, 4) is 0 Å². The van der Waals surface area contributed by atoms with E-state index in [0.29, 0.717) is 38.4 Å². The van der Waals surface area contributed by atoms with E-state index in [2.05, 4.69) is 10.6 Å². The predicted octanol–water partition coefficient (Wildman–Crippen LogP) is 1.46. The molecule has 2 fully saturated rings. The normalized spacial score (nSPS) is 20.8. The molecule has 0 spiro atoms. The molecule has 0 heterocycles. The van der Waals surface area contributed by atoms with Gasteiger partial charge in [-0.15, -0.1) is 0 Å². The Bertz CT molecular complexity index is 361. The van der Waals surface area contributed by atoms with E-state index in [1.165, 1.54) is 19.3 Å². The van der Waals surface area contributed by atoms with Gasteiger partial charge in [0.1, 0.15) is 0 Å². The van der Waals surface area contributed by atoms with Crippen LogP contribution in [0.5, 0.6) is 0 Å². The lowest BCUT2D eigenvalue weighted by molar-refractivity contribution is -0.124. The van der Waals surface area contributed by atoms with Gasteiger partial charge in [0.05, 0.1) is 0 Å². The first-order valence-corrected chi connectivity index (χ1v) is 8.40. The lowest BCUT2D eigenvalue weighted by atomic mass is 9.71. The molecule has 5 heteroatoms. The summed E-state index contributed by atoms with van der Waals surface area (Å²) in [7, 11) is 0. The molecule has 0 aliphatic heterocycles. The molecule has 2 amide bonds. The number of carbonyl (C=O) groups is 2. The molecule has 0 aromatic heterocycles. The van der Waals surface area contributed by atoms with Crippen LogP contribution in [0.15, 0.2) is 0 Å². The monoisotopic (exact) mass is 295 g/mol. The van der Waals surface area contributed by atoms with Crippen molar-refractivity contribution < 1.29 is 9.59 Å². The molecule has 2 aliphatic carbocycles. The van der Waals surface area contributed by atoms with Crippen LogP contribution in [0.3, 0.4) is 0 Å². The molecule has 120 valence electrons. The van der Waals surface area contributed by atoms with Crippen LogP contribution in [0, 0.1) is 5.41 Å². The Balaban J connectivity index is 1.58. The number of nitrogens with one attached hydrogen (secondary N) is 2. The molecule has 0 bridgehead atoms. The second-order valence-corrected chi connectivity index (χ2v) is 6.74. The van der Waals surface area contributed by atoms with Gasteiger partial charge in [0.2, 0.25) is 11.8 Å². The maximum atomic E-state index is 12.0. The number of hydrogen-bond donors (Lipinski definition) is 3. The van der Waals surface area contributed by atoms with Gasteiger partial charge in [-0.3, -0.25) is 9.59 Å². The summed E-state index contributed by atoms with van der Waals surface area (Å²) in [5.41, 5.74) is 5.92. The number of rotatable bonds is 8. The minimum atomic E-state index is 0.0195. The molecule has 0 unspecified atom stereocenters. The van der Waals surface area contributed by atoms with Gasteiger partial charge < -0.3 is 16.4 Å². The average molecular weight is 295 g/mol. The van der Waals surface area contributed by atoms with Crippen LogP contribution in [0.2, 0.25) is 0 Å². The van der Waals surface area contributed by atoms with Gasteiger partial charge in [0.15, 0.2) is 0 Å². The maximum absolute atomic E-state index is 12.0. The predicted molar refractivity (Wildman–Crippen MR) is 82.6 cm³/mol. The second kappa shape index (κ2) is 7.78. The van der Waals surface area contributed by atoms with E-state index in [1.807, 2.05) is 0 Å². The quantitative estimate of drug-likeness (QED) is 0.593. The third kappa shape index (κ3) is 5.65. The van der Waals surface area contributed by atoms with E-state index in [9.17, 15) is 9.59 Å². The summed E-state index contributed by atoms with van der Waals surface area (Å²) in [5.74, 6) is 0.197. The Morgan fingerprint density at radius 1 is 1.10 bits per heavy atom. The largest absolute Gasteiger partial charge is 0.356 e. The van der Waals surface area contributed by atoms with Crippen molar-refractivity contribution in [1.82, 2.24) is 10.6 Å². The van der Waals surface area contributed by atoms with Crippen molar-refractivity contribution in [3.63, 3.8) is 0 Å². The smallest absolute Gasteiger partial charge is 0.220 e. The Labute approximate surface area is 127 Å². The molecule has 4 N–H and O–H groups in total. The number of nitrogens with two attached hydrogens (primary N) is 1. The number of hydrogen-bond acceptors (Lipinski definition) is 3. The number of carbonyl (C=O) groups excluding carboxylic acids is 2. The van der Waals surface area contributed by atoms with Crippen molar-refractivity contribution in [1.29, 1.82) is 0 Å². The van der Waals surface area contributed by atoms with Crippen LogP contribution < -0.4 is 16.4 Å². The Morgan fingerprint density at radius 3 is 2.43 bits per heavy atom. The Hall–Kier alpha value is -1.10. The Morgan fingerprint density at radius 2 is 1.81 bits per heavy atom. The van der Waals surface area contributed by atoms with E-state index in [1.54, 1.807) is 0 Å². The summed E-state index contributed by atoms with van der Waals surface area (Å²) in [5, 5.41) is 5.89. The standard InChI is InChI=1S/C16H29N3O2/c17-12-16(8-2-1-3-9-16)11-15(21)18-10-4-5-14(20)19-13-6-7-13/h13H,1-12,17H2,(H,18,21)(H,19,20). The van der Waals surface area contributed by atoms with E-state index in [0.717, 1.165) is 25.7 Å². The van der Waals surface area contributed by atoms with Crippen LogP contribution in [-0.2, 0) is 9.59 Å². The van der Waals surface area contributed by atoms with Crippen LogP contribution in [-0.4, -0.2) is 30.9 Å². The highest BCUT2D eigenvalue weighted by Gasteiger charge is 2.32.